The van der Waals surface area contributed by atoms with E-state index in [0.717, 1.165) is 73.7 Å². The van der Waals surface area contributed by atoms with E-state index in [1.807, 2.05) is 54.7 Å². The maximum atomic E-state index is 14.2. The molecule has 0 aliphatic carbocycles. The summed E-state index contributed by atoms with van der Waals surface area (Å²) in [5.74, 6) is 1.14. The predicted octanol–water partition coefficient (Wildman–Crippen LogP) is 6.87. The summed E-state index contributed by atoms with van der Waals surface area (Å²) in [7, 11) is 0. The molecule has 0 unspecified atom stereocenters. The number of imidazole rings is 2. The van der Waals surface area contributed by atoms with Crippen molar-refractivity contribution in [2.45, 2.75) is 51.0 Å². The van der Waals surface area contributed by atoms with Crippen molar-refractivity contribution >= 4 is 39.9 Å². The van der Waals surface area contributed by atoms with Crippen LogP contribution in [0.25, 0.3) is 16.7 Å². The van der Waals surface area contributed by atoms with E-state index in [2.05, 4.69) is 19.8 Å². The number of rotatable bonds is 10. The Bertz CT molecular complexity index is 2140. The van der Waals surface area contributed by atoms with E-state index >= 15 is 0 Å². The Kier molecular flexibility index (Phi) is 8.71. The van der Waals surface area contributed by atoms with E-state index in [0.29, 0.717) is 40.3 Å². The summed E-state index contributed by atoms with van der Waals surface area (Å²) in [5, 5.41) is 3.38. The largest absolute Gasteiger partial charge is 0.473 e. The zero-order valence-electron chi connectivity index (χ0n) is 26.8. The maximum absolute atomic E-state index is 14.2. The minimum absolute atomic E-state index is 0.0839. The van der Waals surface area contributed by atoms with Crippen LogP contribution in [0.4, 0.5) is 10.1 Å². The molecule has 0 radical (unpaired) electrons. The zero-order valence-corrected chi connectivity index (χ0v) is 27.5. The number of pyridine rings is 2. The molecule has 0 saturated carbocycles. The maximum Gasteiger partial charge on any atom is 0.274 e. The van der Waals surface area contributed by atoms with Crippen molar-refractivity contribution in [3.8, 4) is 5.88 Å². The van der Waals surface area contributed by atoms with Gasteiger partial charge in [0.25, 0.3) is 5.91 Å². The van der Waals surface area contributed by atoms with E-state index in [1.165, 1.54) is 6.07 Å². The normalized spacial score (nSPS) is 17.0. The topological polar surface area (TPSA) is 98.8 Å². The highest BCUT2D eigenvalue weighted by Gasteiger charge is 2.26. The van der Waals surface area contributed by atoms with Crippen LogP contribution in [-0.4, -0.2) is 60.5 Å². The number of aromatic nitrogens is 5. The summed E-state index contributed by atoms with van der Waals surface area (Å²) in [5.41, 5.74) is 5.14. The third-order valence-electron chi connectivity index (χ3n) is 9.42. The molecule has 49 heavy (non-hydrogen) atoms. The van der Waals surface area contributed by atoms with E-state index in [-0.39, 0.29) is 18.6 Å². The molecule has 0 bridgehead atoms. The average Bonchev–Trinajstić information content (AvgIpc) is 3.67. The van der Waals surface area contributed by atoms with Crippen LogP contribution in [-0.2, 0) is 24.4 Å². The number of hydrogen-bond acceptors (Lipinski definition) is 7. The second kappa shape index (κ2) is 13.6. The molecule has 2 saturated heterocycles. The van der Waals surface area contributed by atoms with Crippen molar-refractivity contribution in [2.75, 3.05) is 25.0 Å². The van der Waals surface area contributed by atoms with E-state index in [9.17, 15) is 9.18 Å². The van der Waals surface area contributed by atoms with Crippen LogP contribution in [0.15, 0.2) is 85.2 Å². The second-order valence-electron chi connectivity index (χ2n) is 12.6. The number of nitrogens with zero attached hydrogens (tertiary/aromatic N) is 6. The summed E-state index contributed by atoms with van der Waals surface area (Å²) in [6.45, 7) is 4.13. The van der Waals surface area contributed by atoms with Crippen molar-refractivity contribution < 1.29 is 18.7 Å². The molecule has 2 aromatic carbocycles. The number of piperidine rings is 1. The summed E-state index contributed by atoms with van der Waals surface area (Å²) < 4.78 is 29.9. The van der Waals surface area contributed by atoms with Crippen molar-refractivity contribution in [1.82, 2.24) is 28.8 Å². The molecule has 2 aliphatic rings. The molecule has 1 atom stereocenters. The van der Waals surface area contributed by atoms with Gasteiger partial charge < -0.3 is 19.4 Å². The molecule has 1 N–H and O–H groups in total. The number of hydrogen-bond donors (Lipinski definition) is 1. The summed E-state index contributed by atoms with van der Waals surface area (Å²) in [6, 6.07) is 21.9. The zero-order chi connectivity index (χ0) is 33.3. The van der Waals surface area contributed by atoms with Gasteiger partial charge in [0, 0.05) is 46.8 Å². The van der Waals surface area contributed by atoms with Crippen LogP contribution in [0.5, 0.6) is 5.88 Å². The van der Waals surface area contributed by atoms with Gasteiger partial charge in [-0.3, -0.25) is 14.1 Å². The molecule has 6 heterocycles. The third kappa shape index (κ3) is 6.74. The van der Waals surface area contributed by atoms with Gasteiger partial charge in [0.1, 0.15) is 29.6 Å². The first-order valence-corrected chi connectivity index (χ1v) is 16.9. The molecule has 10 nitrogen and oxygen atoms in total. The van der Waals surface area contributed by atoms with Gasteiger partial charge in [-0.25, -0.2) is 19.3 Å². The standard InChI is InChI=1S/C37H35ClFN7O3/c38-26-8-7-25(29(39)18-26)23-49-36-6-3-4-30(43-36)24-11-15-44(16-12-24)22-35-42-31-19-27(9-10-32(31)46(35)21-28-13-17-48-28)41-37(47)33-20-40-34-5-1-2-14-45(33)34/h1-10,14,18-20,24,28H,11-13,15-17,21-23H2,(H,41,47)/t28-/m0/s1. The fourth-order valence-electron chi connectivity index (χ4n) is 6.63. The first-order chi connectivity index (χ1) is 24.0. The number of carbonyl (C=O) groups excluding carboxylic acids is 1. The minimum atomic E-state index is -0.392. The highest BCUT2D eigenvalue weighted by Crippen LogP contribution is 2.30. The Hall–Kier alpha value is -4.84. The van der Waals surface area contributed by atoms with Gasteiger partial charge in [-0.05, 0) is 80.9 Å². The Morgan fingerprint density at radius 2 is 1.90 bits per heavy atom. The molecule has 2 fully saturated rings. The first-order valence-electron chi connectivity index (χ1n) is 16.6. The molecule has 2 aliphatic heterocycles. The molecule has 4 aromatic heterocycles. The lowest BCUT2D eigenvalue weighted by Gasteiger charge is -2.32. The lowest BCUT2D eigenvalue weighted by Crippen LogP contribution is -2.35. The number of amides is 1. The Morgan fingerprint density at radius 3 is 2.71 bits per heavy atom. The SMILES string of the molecule is O=C(Nc1ccc2c(c1)nc(CN1CCC(c3cccc(OCc4ccc(Cl)cc4F)n3)CC1)n2C[C@@H]1CCO1)c1cnc2ccccn12. The second-order valence-corrected chi connectivity index (χ2v) is 13.1. The van der Waals surface area contributed by atoms with Crippen molar-refractivity contribution in [1.29, 1.82) is 0 Å². The van der Waals surface area contributed by atoms with Crippen LogP contribution in [0.1, 0.15) is 52.8 Å². The van der Waals surface area contributed by atoms with Gasteiger partial charge >= 0.3 is 0 Å². The number of fused-ring (bicyclic) bond motifs is 2. The average molecular weight is 680 g/mol. The predicted molar refractivity (Wildman–Crippen MR) is 184 cm³/mol. The van der Waals surface area contributed by atoms with Gasteiger partial charge in [-0.1, -0.05) is 29.8 Å². The van der Waals surface area contributed by atoms with Crippen LogP contribution in [0.2, 0.25) is 5.02 Å². The highest BCUT2D eigenvalue weighted by atomic mass is 35.5. The van der Waals surface area contributed by atoms with E-state index in [4.69, 9.17) is 31.0 Å². The molecule has 250 valence electrons. The van der Waals surface area contributed by atoms with Gasteiger partial charge in [-0.15, -0.1) is 0 Å². The number of halogens is 2. The monoisotopic (exact) mass is 679 g/mol. The van der Waals surface area contributed by atoms with Gasteiger partial charge in [0.2, 0.25) is 5.88 Å². The Labute approximate surface area is 287 Å². The summed E-state index contributed by atoms with van der Waals surface area (Å²) in [6.07, 6.45) is 6.52. The van der Waals surface area contributed by atoms with Crippen LogP contribution >= 0.6 is 11.6 Å². The molecular weight excluding hydrogens is 645 g/mol. The van der Waals surface area contributed by atoms with Crippen LogP contribution in [0, 0.1) is 5.82 Å². The number of benzene rings is 2. The van der Waals surface area contributed by atoms with Gasteiger partial charge in [0.05, 0.1) is 36.4 Å². The minimum Gasteiger partial charge on any atom is -0.473 e. The highest BCUT2D eigenvalue weighted by molar-refractivity contribution is 6.30. The van der Waals surface area contributed by atoms with Crippen molar-refractivity contribution in [2.24, 2.45) is 0 Å². The van der Waals surface area contributed by atoms with Gasteiger partial charge in [0.15, 0.2) is 0 Å². The molecule has 0 spiro atoms. The molecule has 1 amide bonds. The molecular formula is C37H35ClFN7O3. The number of nitrogens with one attached hydrogen (secondary N) is 1. The number of carbonyl (C=O) groups is 1. The quantitative estimate of drug-likeness (QED) is 0.169. The Balaban J connectivity index is 0.939. The summed E-state index contributed by atoms with van der Waals surface area (Å²) >= 11 is 5.88. The van der Waals surface area contributed by atoms with E-state index in [1.54, 1.807) is 28.8 Å². The summed E-state index contributed by atoms with van der Waals surface area (Å²) in [4.78, 5) is 29.8. The fourth-order valence-corrected chi connectivity index (χ4v) is 6.78. The lowest BCUT2D eigenvalue weighted by atomic mass is 9.93. The smallest absolute Gasteiger partial charge is 0.274 e. The van der Waals surface area contributed by atoms with E-state index < -0.39 is 5.82 Å². The molecule has 8 rings (SSSR count). The fraction of sp³-hybridized carbons (Fsp3) is 0.297. The molecule has 6 aromatic rings. The lowest BCUT2D eigenvalue weighted by molar-refractivity contribution is -0.0592. The third-order valence-corrected chi connectivity index (χ3v) is 9.66. The number of likely N-dealkylation sites (tertiary alicyclic amines) is 1. The molecule has 12 heteroatoms. The van der Waals surface area contributed by atoms with Crippen LogP contribution < -0.4 is 10.1 Å². The first kappa shape index (κ1) is 31.4. The van der Waals surface area contributed by atoms with Crippen LogP contribution in [0.3, 0.4) is 0 Å². The number of ether oxygens (including phenoxy) is 2. The number of anilines is 1. The van der Waals surface area contributed by atoms with Gasteiger partial charge in [-0.2, -0.15) is 0 Å². The van der Waals surface area contributed by atoms with Crippen molar-refractivity contribution in [3.63, 3.8) is 0 Å². The van der Waals surface area contributed by atoms with Crippen molar-refractivity contribution in [3.05, 3.63) is 119 Å². The Morgan fingerprint density at radius 1 is 1.02 bits per heavy atom.